The summed E-state index contributed by atoms with van der Waals surface area (Å²) in [6.07, 6.45) is 3.37. The number of halogens is 3. The topological polar surface area (TPSA) is 17.8 Å². The van der Waals surface area contributed by atoms with Crippen molar-refractivity contribution in [1.82, 2.24) is 9.55 Å². The lowest BCUT2D eigenvalue weighted by Crippen LogP contribution is -2.03. The third-order valence-electron chi connectivity index (χ3n) is 3.13. The normalized spacial score (nSPS) is 10.8. The number of rotatable bonds is 3. The summed E-state index contributed by atoms with van der Waals surface area (Å²) in [5, 5.41) is 0. The Hall–Kier alpha value is -2.01. The fourth-order valence-corrected chi connectivity index (χ4v) is 2.66. The van der Waals surface area contributed by atoms with Crippen molar-refractivity contribution in [2.45, 2.75) is 6.54 Å². The van der Waals surface area contributed by atoms with Gasteiger partial charge in [-0.1, -0.05) is 34.1 Å². The van der Waals surface area contributed by atoms with Crippen LogP contribution in [-0.2, 0) is 6.54 Å². The molecule has 0 radical (unpaired) electrons. The van der Waals surface area contributed by atoms with E-state index in [-0.39, 0.29) is 11.6 Å². The molecule has 0 aliphatic rings. The number of hydrogen-bond acceptors (Lipinski definition) is 1. The highest BCUT2D eigenvalue weighted by Gasteiger charge is 2.10. The Bertz CT molecular complexity index is 763. The molecule has 0 spiro atoms. The number of hydrogen-bond donors (Lipinski definition) is 0. The van der Waals surface area contributed by atoms with Gasteiger partial charge in [-0.05, 0) is 24.3 Å². The molecule has 3 rings (SSSR count). The van der Waals surface area contributed by atoms with Gasteiger partial charge in [0.2, 0.25) is 0 Å². The predicted octanol–water partition coefficient (Wildman–Crippen LogP) is 4.64. The minimum absolute atomic E-state index is 0.266. The van der Waals surface area contributed by atoms with Gasteiger partial charge in [-0.3, -0.25) is 0 Å². The van der Waals surface area contributed by atoms with Crippen LogP contribution in [0.1, 0.15) is 5.56 Å². The monoisotopic (exact) mass is 348 g/mol. The predicted molar refractivity (Wildman–Crippen MR) is 80.8 cm³/mol. The highest BCUT2D eigenvalue weighted by Crippen LogP contribution is 2.24. The van der Waals surface area contributed by atoms with Gasteiger partial charge in [-0.15, -0.1) is 0 Å². The molecule has 1 aromatic heterocycles. The third kappa shape index (κ3) is 3.03. The van der Waals surface area contributed by atoms with Gasteiger partial charge in [-0.25, -0.2) is 13.8 Å². The molecule has 1 heterocycles. The Morgan fingerprint density at radius 2 is 1.90 bits per heavy atom. The first-order chi connectivity index (χ1) is 10.1. The molecule has 0 aliphatic carbocycles. The van der Waals surface area contributed by atoms with Crippen LogP contribution >= 0.6 is 15.9 Å². The lowest BCUT2D eigenvalue weighted by Gasteiger charge is -2.09. The fourth-order valence-electron chi connectivity index (χ4n) is 2.19. The Balaban J connectivity index is 1.99. The summed E-state index contributed by atoms with van der Waals surface area (Å²) in [6.45, 7) is 0.343. The third-order valence-corrected chi connectivity index (χ3v) is 3.59. The second kappa shape index (κ2) is 5.77. The number of nitrogens with zero attached hydrogens (tertiary/aromatic N) is 2. The Morgan fingerprint density at radius 1 is 1.10 bits per heavy atom. The van der Waals surface area contributed by atoms with E-state index in [1.165, 1.54) is 18.2 Å². The maximum atomic E-state index is 13.7. The zero-order valence-electron chi connectivity index (χ0n) is 10.9. The first-order valence-electron chi connectivity index (χ1n) is 6.34. The van der Waals surface area contributed by atoms with Gasteiger partial charge in [0.05, 0.1) is 6.54 Å². The van der Waals surface area contributed by atoms with Gasteiger partial charge < -0.3 is 4.57 Å². The maximum absolute atomic E-state index is 13.7. The second-order valence-electron chi connectivity index (χ2n) is 4.63. The van der Waals surface area contributed by atoms with E-state index < -0.39 is 0 Å². The van der Waals surface area contributed by atoms with Crippen molar-refractivity contribution < 1.29 is 8.78 Å². The summed E-state index contributed by atoms with van der Waals surface area (Å²) in [7, 11) is 0. The van der Waals surface area contributed by atoms with Crippen LogP contribution in [0.25, 0.3) is 11.4 Å². The fraction of sp³-hybridized carbons (Fsp3) is 0.0625. The average molecular weight is 349 g/mol. The SMILES string of the molecule is Fc1cc(Br)cc(-c2nccn2Cc2ccccc2F)c1. The number of benzene rings is 2. The van der Waals surface area contributed by atoms with Crippen molar-refractivity contribution in [1.29, 1.82) is 0 Å². The van der Waals surface area contributed by atoms with E-state index in [0.717, 1.165) is 0 Å². The molecule has 5 heteroatoms. The number of aromatic nitrogens is 2. The molecule has 0 amide bonds. The van der Waals surface area contributed by atoms with Gasteiger partial charge in [0.15, 0.2) is 0 Å². The molecule has 0 unspecified atom stereocenters. The lowest BCUT2D eigenvalue weighted by molar-refractivity contribution is 0.600. The molecule has 3 aromatic rings. The molecule has 2 aromatic carbocycles. The zero-order valence-corrected chi connectivity index (χ0v) is 12.5. The molecule has 0 atom stereocenters. The van der Waals surface area contributed by atoms with Gasteiger partial charge in [0.25, 0.3) is 0 Å². The van der Waals surface area contributed by atoms with Crippen LogP contribution in [0.2, 0.25) is 0 Å². The second-order valence-corrected chi connectivity index (χ2v) is 5.54. The van der Waals surface area contributed by atoms with E-state index in [1.807, 2.05) is 0 Å². The van der Waals surface area contributed by atoms with E-state index in [9.17, 15) is 8.78 Å². The Morgan fingerprint density at radius 3 is 2.67 bits per heavy atom. The van der Waals surface area contributed by atoms with E-state index in [4.69, 9.17) is 0 Å². The molecule has 2 nitrogen and oxygen atoms in total. The smallest absolute Gasteiger partial charge is 0.140 e. The van der Waals surface area contributed by atoms with Crippen molar-refractivity contribution >= 4 is 15.9 Å². The van der Waals surface area contributed by atoms with Crippen LogP contribution in [0.4, 0.5) is 8.78 Å². The summed E-state index contributed by atoms with van der Waals surface area (Å²) >= 11 is 3.26. The molecule has 21 heavy (non-hydrogen) atoms. The largest absolute Gasteiger partial charge is 0.326 e. The molecule has 0 saturated heterocycles. The first kappa shape index (κ1) is 13.9. The van der Waals surface area contributed by atoms with Crippen molar-refractivity contribution in [3.8, 4) is 11.4 Å². The maximum Gasteiger partial charge on any atom is 0.140 e. The van der Waals surface area contributed by atoms with Gasteiger partial charge in [0, 0.05) is 28.0 Å². The Kier molecular flexibility index (Phi) is 3.84. The van der Waals surface area contributed by atoms with Crippen molar-refractivity contribution in [2.75, 3.05) is 0 Å². The van der Waals surface area contributed by atoms with E-state index in [0.29, 0.717) is 28.0 Å². The molecular weight excluding hydrogens is 338 g/mol. The van der Waals surface area contributed by atoms with E-state index in [2.05, 4.69) is 20.9 Å². The summed E-state index contributed by atoms with van der Waals surface area (Å²) in [5.74, 6) is -0.0177. The lowest BCUT2D eigenvalue weighted by atomic mass is 10.2. The molecule has 0 aliphatic heterocycles. The van der Waals surface area contributed by atoms with Crippen LogP contribution in [0.15, 0.2) is 59.3 Å². The minimum atomic E-state index is -0.347. The number of imidazole rings is 1. The van der Waals surface area contributed by atoms with Gasteiger partial charge >= 0.3 is 0 Å². The highest BCUT2D eigenvalue weighted by atomic mass is 79.9. The zero-order chi connectivity index (χ0) is 14.8. The van der Waals surface area contributed by atoms with Crippen molar-refractivity contribution in [2.24, 2.45) is 0 Å². The standard InChI is InChI=1S/C16H11BrF2N2/c17-13-7-12(8-14(18)9-13)16-20-5-6-21(16)10-11-3-1-2-4-15(11)19/h1-9H,10H2. The molecule has 0 saturated carbocycles. The molecular formula is C16H11BrF2N2. The van der Waals surface area contributed by atoms with Gasteiger partial charge in [0.1, 0.15) is 17.5 Å². The van der Waals surface area contributed by atoms with Crippen LogP contribution < -0.4 is 0 Å². The minimum Gasteiger partial charge on any atom is -0.326 e. The van der Waals surface area contributed by atoms with Gasteiger partial charge in [-0.2, -0.15) is 0 Å². The van der Waals surface area contributed by atoms with Crippen LogP contribution in [0.5, 0.6) is 0 Å². The molecule has 106 valence electrons. The van der Waals surface area contributed by atoms with Crippen molar-refractivity contribution in [3.63, 3.8) is 0 Å². The van der Waals surface area contributed by atoms with Crippen LogP contribution in [0, 0.1) is 11.6 Å². The average Bonchev–Trinajstić information content (AvgIpc) is 2.88. The van der Waals surface area contributed by atoms with E-state index >= 15 is 0 Å². The Labute approximate surface area is 129 Å². The summed E-state index contributed by atoms with van der Waals surface area (Å²) < 4.78 is 29.7. The van der Waals surface area contributed by atoms with Crippen molar-refractivity contribution in [3.05, 3.63) is 76.5 Å². The highest BCUT2D eigenvalue weighted by molar-refractivity contribution is 9.10. The molecule has 0 N–H and O–H groups in total. The summed E-state index contributed by atoms with van der Waals surface area (Å²) in [5.41, 5.74) is 1.20. The molecule has 0 fully saturated rings. The van der Waals surface area contributed by atoms with Crippen LogP contribution in [-0.4, -0.2) is 9.55 Å². The van der Waals surface area contributed by atoms with E-state index in [1.54, 1.807) is 41.2 Å². The molecule has 0 bridgehead atoms. The summed E-state index contributed by atoms with van der Waals surface area (Å²) in [6, 6.07) is 11.2. The quantitative estimate of drug-likeness (QED) is 0.674. The summed E-state index contributed by atoms with van der Waals surface area (Å²) in [4.78, 5) is 4.25. The first-order valence-corrected chi connectivity index (χ1v) is 7.14. The van der Waals surface area contributed by atoms with Crippen LogP contribution in [0.3, 0.4) is 0 Å².